The van der Waals surface area contributed by atoms with E-state index in [1.165, 1.54) is 25.7 Å². The molecule has 0 heterocycles. The van der Waals surface area contributed by atoms with Gasteiger partial charge in [-0.2, -0.15) is 0 Å². The Morgan fingerprint density at radius 3 is 2.73 bits per heavy atom. The van der Waals surface area contributed by atoms with E-state index >= 15 is 0 Å². The molecular weight excluding hydrogens is 254 g/mol. The Balaban J connectivity index is 1.97. The number of nitrogen functional groups attached to an aromatic ring is 1. The molecule has 1 aliphatic rings. The van der Waals surface area contributed by atoms with Crippen LogP contribution in [0.25, 0.3) is 0 Å². The van der Waals surface area contributed by atoms with Crippen molar-refractivity contribution in [2.45, 2.75) is 38.4 Å². The van der Waals surface area contributed by atoms with Gasteiger partial charge < -0.3 is 10.5 Å². The first-order valence-corrected chi connectivity index (χ1v) is 6.21. The molecule has 0 saturated heterocycles. The first-order valence-electron chi connectivity index (χ1n) is 5.42. The van der Waals surface area contributed by atoms with Crippen LogP contribution in [0.15, 0.2) is 22.7 Å². The molecule has 0 amide bonds. The molecule has 82 valence electrons. The van der Waals surface area contributed by atoms with Crippen LogP contribution in [0.1, 0.15) is 31.2 Å². The highest BCUT2D eigenvalue weighted by Gasteiger charge is 2.16. The summed E-state index contributed by atoms with van der Waals surface area (Å²) < 4.78 is 6.88. The number of anilines is 1. The molecule has 0 atom stereocenters. The van der Waals surface area contributed by atoms with Crippen molar-refractivity contribution in [2.75, 3.05) is 5.73 Å². The van der Waals surface area contributed by atoms with Crippen molar-refractivity contribution in [1.82, 2.24) is 0 Å². The zero-order chi connectivity index (χ0) is 10.7. The number of halogens is 1. The van der Waals surface area contributed by atoms with E-state index in [4.69, 9.17) is 10.5 Å². The maximum atomic E-state index is 5.90. The molecule has 2 rings (SSSR count). The number of ether oxygens (including phenoxy) is 1. The van der Waals surface area contributed by atoms with E-state index in [0.717, 1.165) is 15.7 Å². The highest BCUT2D eigenvalue weighted by Crippen LogP contribution is 2.26. The normalized spacial score (nSPS) is 17.1. The highest BCUT2D eigenvalue weighted by atomic mass is 79.9. The summed E-state index contributed by atoms with van der Waals surface area (Å²) in [6, 6.07) is 5.86. The summed E-state index contributed by atoms with van der Waals surface area (Å²) in [7, 11) is 0. The predicted molar refractivity (Wildman–Crippen MR) is 65.6 cm³/mol. The molecule has 15 heavy (non-hydrogen) atoms. The Morgan fingerprint density at radius 1 is 1.33 bits per heavy atom. The van der Waals surface area contributed by atoms with Crippen molar-refractivity contribution in [2.24, 2.45) is 0 Å². The van der Waals surface area contributed by atoms with Crippen LogP contribution in [-0.2, 0) is 11.3 Å². The van der Waals surface area contributed by atoms with Crippen molar-refractivity contribution in [1.29, 1.82) is 0 Å². The fourth-order valence-corrected chi connectivity index (χ4v) is 2.48. The summed E-state index contributed by atoms with van der Waals surface area (Å²) in [6.45, 7) is 0.623. The van der Waals surface area contributed by atoms with Crippen LogP contribution in [0.3, 0.4) is 0 Å². The molecule has 1 aromatic carbocycles. The average Bonchev–Trinajstić information content (AvgIpc) is 2.70. The summed E-state index contributed by atoms with van der Waals surface area (Å²) in [5, 5.41) is 0. The standard InChI is InChI=1S/C12H16BrNO/c13-11-6-3-7-12(14)10(11)8-15-9-4-1-2-5-9/h3,6-7,9H,1-2,4-5,8,14H2. The van der Waals surface area contributed by atoms with Crippen LogP contribution in [0.5, 0.6) is 0 Å². The monoisotopic (exact) mass is 269 g/mol. The van der Waals surface area contributed by atoms with E-state index in [-0.39, 0.29) is 0 Å². The average molecular weight is 270 g/mol. The van der Waals surface area contributed by atoms with Crippen molar-refractivity contribution < 1.29 is 4.74 Å². The Bertz CT molecular complexity index is 314. The molecule has 0 radical (unpaired) electrons. The largest absolute Gasteiger partial charge is 0.398 e. The molecule has 0 spiro atoms. The van der Waals surface area contributed by atoms with Crippen LogP contribution < -0.4 is 5.73 Å². The summed E-state index contributed by atoms with van der Waals surface area (Å²) in [6.07, 6.45) is 5.44. The van der Waals surface area contributed by atoms with E-state index in [0.29, 0.717) is 12.7 Å². The van der Waals surface area contributed by atoms with Crippen molar-refractivity contribution >= 4 is 21.6 Å². The SMILES string of the molecule is Nc1cccc(Br)c1COC1CCCC1. The van der Waals surface area contributed by atoms with Crippen LogP contribution in [0, 0.1) is 0 Å². The highest BCUT2D eigenvalue weighted by molar-refractivity contribution is 9.10. The van der Waals surface area contributed by atoms with Gasteiger partial charge in [-0.1, -0.05) is 34.8 Å². The number of hydrogen-bond donors (Lipinski definition) is 1. The molecule has 2 N–H and O–H groups in total. The van der Waals surface area contributed by atoms with Crippen LogP contribution >= 0.6 is 15.9 Å². The lowest BCUT2D eigenvalue weighted by atomic mass is 10.2. The Morgan fingerprint density at radius 2 is 2.07 bits per heavy atom. The molecule has 1 aromatic rings. The molecule has 1 aliphatic carbocycles. The van der Waals surface area contributed by atoms with E-state index in [2.05, 4.69) is 15.9 Å². The smallest absolute Gasteiger partial charge is 0.0751 e. The molecule has 0 bridgehead atoms. The van der Waals surface area contributed by atoms with Crippen molar-refractivity contribution in [3.8, 4) is 0 Å². The van der Waals surface area contributed by atoms with Crippen LogP contribution in [0.4, 0.5) is 5.69 Å². The first-order chi connectivity index (χ1) is 7.27. The summed E-state index contributed by atoms with van der Waals surface area (Å²) in [5.41, 5.74) is 7.78. The molecule has 0 unspecified atom stereocenters. The zero-order valence-corrected chi connectivity index (χ0v) is 10.3. The molecule has 0 aliphatic heterocycles. The molecule has 3 heteroatoms. The Kier molecular flexibility index (Phi) is 3.65. The number of rotatable bonds is 3. The van der Waals surface area contributed by atoms with Gasteiger partial charge in [-0.25, -0.2) is 0 Å². The Labute approximate surface area is 98.9 Å². The number of hydrogen-bond acceptors (Lipinski definition) is 2. The molecule has 1 fully saturated rings. The minimum absolute atomic E-state index is 0.441. The van der Waals surface area contributed by atoms with Gasteiger partial charge in [-0.05, 0) is 25.0 Å². The van der Waals surface area contributed by atoms with E-state index in [1.54, 1.807) is 0 Å². The molecular formula is C12H16BrNO. The topological polar surface area (TPSA) is 35.2 Å². The third-order valence-corrected chi connectivity index (χ3v) is 3.66. The second kappa shape index (κ2) is 4.99. The molecule has 0 aromatic heterocycles. The third-order valence-electron chi connectivity index (χ3n) is 2.92. The number of nitrogens with two attached hydrogens (primary N) is 1. The summed E-state index contributed by atoms with van der Waals surface area (Å²) in [5.74, 6) is 0. The zero-order valence-electron chi connectivity index (χ0n) is 8.71. The van der Waals surface area contributed by atoms with E-state index in [1.807, 2.05) is 18.2 Å². The van der Waals surface area contributed by atoms with Crippen LogP contribution in [0.2, 0.25) is 0 Å². The van der Waals surface area contributed by atoms with Gasteiger partial charge in [0.05, 0.1) is 12.7 Å². The summed E-state index contributed by atoms with van der Waals surface area (Å²) >= 11 is 3.50. The second-order valence-electron chi connectivity index (χ2n) is 4.03. The fourth-order valence-electron chi connectivity index (χ4n) is 1.98. The lowest BCUT2D eigenvalue weighted by Gasteiger charge is -2.13. The Hall–Kier alpha value is -0.540. The van der Waals surface area contributed by atoms with Gasteiger partial charge in [0.25, 0.3) is 0 Å². The summed E-state index contributed by atoms with van der Waals surface area (Å²) in [4.78, 5) is 0. The lowest BCUT2D eigenvalue weighted by Crippen LogP contribution is -2.08. The fraction of sp³-hybridized carbons (Fsp3) is 0.500. The maximum Gasteiger partial charge on any atom is 0.0751 e. The van der Waals surface area contributed by atoms with Crippen LogP contribution in [-0.4, -0.2) is 6.10 Å². The first kappa shape index (κ1) is 11.0. The van der Waals surface area contributed by atoms with Gasteiger partial charge in [-0.15, -0.1) is 0 Å². The van der Waals surface area contributed by atoms with E-state index < -0.39 is 0 Å². The number of benzene rings is 1. The third kappa shape index (κ3) is 2.73. The molecule has 2 nitrogen and oxygen atoms in total. The van der Waals surface area contributed by atoms with Gasteiger partial charge in [0.15, 0.2) is 0 Å². The second-order valence-corrected chi connectivity index (χ2v) is 4.88. The van der Waals surface area contributed by atoms with Gasteiger partial charge in [0, 0.05) is 15.7 Å². The minimum Gasteiger partial charge on any atom is -0.398 e. The van der Waals surface area contributed by atoms with Crippen molar-refractivity contribution in [3.05, 3.63) is 28.2 Å². The van der Waals surface area contributed by atoms with Crippen molar-refractivity contribution in [3.63, 3.8) is 0 Å². The van der Waals surface area contributed by atoms with Gasteiger partial charge in [0.2, 0.25) is 0 Å². The lowest BCUT2D eigenvalue weighted by molar-refractivity contribution is 0.0457. The van der Waals surface area contributed by atoms with Gasteiger partial charge >= 0.3 is 0 Å². The van der Waals surface area contributed by atoms with Gasteiger partial charge in [0.1, 0.15) is 0 Å². The maximum absolute atomic E-state index is 5.90. The molecule has 1 saturated carbocycles. The van der Waals surface area contributed by atoms with E-state index in [9.17, 15) is 0 Å². The predicted octanol–water partition coefficient (Wildman–Crippen LogP) is 3.49. The van der Waals surface area contributed by atoms with Gasteiger partial charge in [-0.3, -0.25) is 0 Å². The quantitative estimate of drug-likeness (QED) is 0.853. The minimum atomic E-state index is 0.441.